The van der Waals surface area contributed by atoms with E-state index in [4.69, 9.17) is 11.6 Å². The highest BCUT2D eigenvalue weighted by Gasteiger charge is 2.20. The molecule has 6 nitrogen and oxygen atoms in total. The molecule has 0 spiro atoms. The van der Waals surface area contributed by atoms with Gasteiger partial charge in [0.2, 0.25) is 0 Å². The standard InChI is InChI=1S/C17H17ClF3N5O/c1-9(27)13-6-11(19)3-4-12(13)16-14(22-25(2)23-16)5-10-7-26(8-15(20)21)24-17(10)18/h3-4,6-7,9,15,27H,5,8H2,1-2H3/t9-/m1/s1. The number of hydrogen-bond donors (Lipinski definition) is 1. The van der Waals surface area contributed by atoms with Crippen molar-refractivity contribution < 1.29 is 18.3 Å². The molecule has 10 heteroatoms. The van der Waals surface area contributed by atoms with Crippen LogP contribution in [-0.2, 0) is 20.0 Å². The van der Waals surface area contributed by atoms with Gasteiger partial charge in [-0.15, -0.1) is 0 Å². The number of nitrogens with zero attached hydrogens (tertiary/aromatic N) is 5. The number of aliphatic hydroxyl groups is 1. The molecule has 1 N–H and O–H groups in total. The lowest BCUT2D eigenvalue weighted by atomic mass is 9.98. The molecule has 27 heavy (non-hydrogen) atoms. The van der Waals surface area contributed by atoms with Crippen molar-refractivity contribution in [3.63, 3.8) is 0 Å². The number of aromatic nitrogens is 5. The number of aryl methyl sites for hydroxylation is 1. The van der Waals surface area contributed by atoms with E-state index in [1.54, 1.807) is 7.05 Å². The fourth-order valence-electron chi connectivity index (χ4n) is 2.84. The molecule has 0 saturated carbocycles. The summed E-state index contributed by atoms with van der Waals surface area (Å²) in [5.74, 6) is -0.476. The number of aliphatic hydroxyl groups excluding tert-OH is 1. The number of hydrogen-bond acceptors (Lipinski definition) is 4. The molecule has 0 bridgehead atoms. The van der Waals surface area contributed by atoms with E-state index in [2.05, 4.69) is 15.3 Å². The van der Waals surface area contributed by atoms with Crippen molar-refractivity contribution in [3.05, 3.63) is 52.2 Å². The van der Waals surface area contributed by atoms with Crippen LogP contribution in [0.2, 0.25) is 5.15 Å². The van der Waals surface area contributed by atoms with E-state index in [0.29, 0.717) is 28.1 Å². The lowest BCUT2D eigenvalue weighted by Gasteiger charge is -2.11. The smallest absolute Gasteiger partial charge is 0.257 e. The van der Waals surface area contributed by atoms with Gasteiger partial charge in [0.15, 0.2) is 5.15 Å². The maximum atomic E-state index is 13.6. The van der Waals surface area contributed by atoms with Gasteiger partial charge in [0.1, 0.15) is 18.1 Å². The molecular formula is C17H17ClF3N5O. The second-order valence-corrected chi connectivity index (χ2v) is 6.49. The van der Waals surface area contributed by atoms with E-state index < -0.39 is 24.9 Å². The van der Waals surface area contributed by atoms with E-state index in [-0.39, 0.29) is 11.6 Å². The summed E-state index contributed by atoms with van der Waals surface area (Å²) in [6.45, 7) is 0.969. The van der Waals surface area contributed by atoms with Crippen LogP contribution in [0.4, 0.5) is 13.2 Å². The van der Waals surface area contributed by atoms with Crippen molar-refractivity contribution in [3.8, 4) is 11.3 Å². The Labute approximate surface area is 158 Å². The van der Waals surface area contributed by atoms with Gasteiger partial charge in [-0.1, -0.05) is 11.6 Å². The van der Waals surface area contributed by atoms with Crippen molar-refractivity contribution >= 4 is 11.6 Å². The number of halogens is 4. The van der Waals surface area contributed by atoms with Crippen LogP contribution in [-0.4, -0.2) is 36.3 Å². The molecule has 0 fully saturated rings. The lowest BCUT2D eigenvalue weighted by molar-refractivity contribution is 0.122. The van der Waals surface area contributed by atoms with E-state index in [9.17, 15) is 18.3 Å². The zero-order valence-corrected chi connectivity index (χ0v) is 15.3. The molecule has 0 unspecified atom stereocenters. The van der Waals surface area contributed by atoms with Gasteiger partial charge >= 0.3 is 0 Å². The van der Waals surface area contributed by atoms with Gasteiger partial charge in [-0.2, -0.15) is 20.1 Å². The minimum absolute atomic E-state index is 0.0992. The average molecular weight is 400 g/mol. The van der Waals surface area contributed by atoms with Crippen LogP contribution < -0.4 is 0 Å². The largest absolute Gasteiger partial charge is 0.389 e. The predicted molar refractivity (Wildman–Crippen MR) is 93.1 cm³/mol. The second-order valence-electron chi connectivity index (χ2n) is 6.13. The summed E-state index contributed by atoms with van der Waals surface area (Å²) >= 11 is 6.06. The van der Waals surface area contributed by atoms with Crippen LogP contribution in [0.3, 0.4) is 0 Å². The molecule has 3 rings (SSSR count). The zero-order chi connectivity index (χ0) is 19.7. The van der Waals surface area contributed by atoms with Gasteiger partial charge in [0.25, 0.3) is 6.43 Å². The normalized spacial score (nSPS) is 12.7. The summed E-state index contributed by atoms with van der Waals surface area (Å²) in [6, 6.07) is 4.03. The predicted octanol–water partition coefficient (Wildman–Crippen LogP) is 3.38. The van der Waals surface area contributed by atoms with Gasteiger partial charge in [0.05, 0.1) is 11.8 Å². The molecule has 3 aromatic rings. The Hall–Kier alpha value is -2.39. The molecular weight excluding hydrogens is 383 g/mol. The first-order chi connectivity index (χ1) is 12.7. The topological polar surface area (TPSA) is 68.8 Å². The Balaban J connectivity index is 2.00. The summed E-state index contributed by atoms with van der Waals surface area (Å²) < 4.78 is 39.8. The van der Waals surface area contributed by atoms with Gasteiger partial charge in [-0.05, 0) is 30.7 Å². The van der Waals surface area contributed by atoms with Crippen molar-refractivity contribution in [2.75, 3.05) is 0 Å². The highest BCUT2D eigenvalue weighted by atomic mass is 35.5. The fraction of sp³-hybridized carbons (Fsp3) is 0.353. The van der Waals surface area contributed by atoms with Crippen LogP contribution in [0.25, 0.3) is 11.3 Å². The third-order valence-corrected chi connectivity index (χ3v) is 4.29. The molecule has 0 amide bonds. The molecule has 1 atom stereocenters. The van der Waals surface area contributed by atoms with Gasteiger partial charge < -0.3 is 5.11 Å². The first-order valence-corrected chi connectivity index (χ1v) is 8.50. The molecule has 0 radical (unpaired) electrons. The zero-order valence-electron chi connectivity index (χ0n) is 14.6. The first kappa shape index (κ1) is 19.4. The third kappa shape index (κ3) is 4.30. The molecule has 0 aliphatic rings. The third-order valence-electron chi connectivity index (χ3n) is 3.97. The minimum atomic E-state index is -2.55. The maximum Gasteiger partial charge on any atom is 0.257 e. The quantitative estimate of drug-likeness (QED) is 0.690. The lowest BCUT2D eigenvalue weighted by Crippen LogP contribution is -2.06. The highest BCUT2D eigenvalue weighted by Crippen LogP contribution is 2.31. The Kier molecular flexibility index (Phi) is 5.52. The van der Waals surface area contributed by atoms with Crippen LogP contribution in [0.5, 0.6) is 0 Å². The summed E-state index contributed by atoms with van der Waals surface area (Å²) in [5.41, 5.74) is 2.37. The molecule has 0 aliphatic heterocycles. The number of rotatable bonds is 6. The molecule has 1 aromatic carbocycles. The summed E-state index contributed by atoms with van der Waals surface area (Å²) in [4.78, 5) is 1.34. The monoisotopic (exact) mass is 399 g/mol. The van der Waals surface area contributed by atoms with Crippen LogP contribution in [0.15, 0.2) is 24.4 Å². The van der Waals surface area contributed by atoms with Crippen molar-refractivity contribution in [2.45, 2.75) is 32.4 Å². The van der Waals surface area contributed by atoms with Crippen molar-refractivity contribution in [2.24, 2.45) is 7.05 Å². The minimum Gasteiger partial charge on any atom is -0.389 e. The van der Waals surface area contributed by atoms with Gasteiger partial charge in [0, 0.05) is 30.8 Å². The number of alkyl halides is 2. The van der Waals surface area contributed by atoms with Crippen LogP contribution >= 0.6 is 11.6 Å². The van der Waals surface area contributed by atoms with E-state index >= 15 is 0 Å². The SMILES string of the molecule is C[C@@H](O)c1cc(F)ccc1-c1nn(C)nc1Cc1cn(CC(F)F)nc1Cl. The molecule has 144 valence electrons. The van der Waals surface area contributed by atoms with Gasteiger partial charge in [-0.3, -0.25) is 4.68 Å². The molecule has 0 aliphatic carbocycles. The first-order valence-electron chi connectivity index (χ1n) is 8.12. The Morgan fingerprint density at radius 2 is 1.96 bits per heavy atom. The van der Waals surface area contributed by atoms with E-state index in [1.807, 2.05) is 0 Å². The Bertz CT molecular complexity index is 954. The van der Waals surface area contributed by atoms with E-state index in [0.717, 1.165) is 4.68 Å². The summed E-state index contributed by atoms with van der Waals surface area (Å²) in [5, 5.41) is 22.6. The Morgan fingerprint density at radius 3 is 2.63 bits per heavy atom. The van der Waals surface area contributed by atoms with Crippen LogP contribution in [0, 0.1) is 5.82 Å². The van der Waals surface area contributed by atoms with Crippen molar-refractivity contribution in [1.82, 2.24) is 24.8 Å². The summed E-state index contributed by atoms with van der Waals surface area (Å²) in [6.07, 6.45) is -1.83. The van der Waals surface area contributed by atoms with Gasteiger partial charge in [-0.25, -0.2) is 13.2 Å². The average Bonchev–Trinajstić information content (AvgIpc) is 3.09. The fourth-order valence-corrected chi connectivity index (χ4v) is 3.06. The maximum absolute atomic E-state index is 13.6. The Morgan fingerprint density at radius 1 is 1.22 bits per heavy atom. The van der Waals surface area contributed by atoms with E-state index in [1.165, 1.54) is 36.1 Å². The molecule has 2 heterocycles. The molecule has 2 aromatic heterocycles. The van der Waals surface area contributed by atoms with Crippen molar-refractivity contribution in [1.29, 1.82) is 0 Å². The highest BCUT2D eigenvalue weighted by molar-refractivity contribution is 6.30. The summed E-state index contributed by atoms with van der Waals surface area (Å²) in [7, 11) is 1.63. The number of benzene rings is 1. The van der Waals surface area contributed by atoms with Crippen LogP contribution in [0.1, 0.15) is 29.8 Å². The molecule has 0 saturated heterocycles. The second kappa shape index (κ2) is 7.69.